The van der Waals surface area contributed by atoms with Crippen LogP contribution in [-0.2, 0) is 11.8 Å². The lowest BCUT2D eigenvalue weighted by molar-refractivity contribution is -0.113. The molecule has 1 atom stereocenters. The van der Waals surface area contributed by atoms with Crippen molar-refractivity contribution in [3.63, 3.8) is 0 Å². The minimum Gasteiger partial charge on any atom is -0.497 e. The third kappa shape index (κ3) is 5.85. The Morgan fingerprint density at radius 3 is 2.52 bits per heavy atom. The number of Topliss-reactive ketones (excluding diaryl/α,β-unsaturated/α-hetero) is 1. The summed E-state index contributed by atoms with van der Waals surface area (Å²) >= 11 is 1.28. The fraction of sp³-hybridized carbons (Fsp3) is 0.273. The minimum absolute atomic E-state index is 0.0175. The summed E-state index contributed by atoms with van der Waals surface area (Å²) in [6.45, 7) is 3.39. The van der Waals surface area contributed by atoms with Gasteiger partial charge in [0.2, 0.25) is 5.91 Å². The Hall–Kier alpha value is -3.33. The number of amides is 1. The SMILES string of the molecule is COc1cccc(OC(C)c2nnc(SCC(=O)Nc3ccc(C(C)=O)cc3)n2C)c1. The summed E-state index contributed by atoms with van der Waals surface area (Å²) in [4.78, 5) is 23.6. The summed E-state index contributed by atoms with van der Waals surface area (Å²) in [6.07, 6.45) is -0.340. The number of aromatic nitrogens is 3. The molecule has 0 fully saturated rings. The Balaban J connectivity index is 1.56. The van der Waals surface area contributed by atoms with E-state index in [1.54, 1.807) is 37.4 Å². The molecular formula is C22H24N4O4S. The zero-order valence-electron chi connectivity index (χ0n) is 17.8. The monoisotopic (exact) mass is 440 g/mol. The minimum atomic E-state index is -0.340. The van der Waals surface area contributed by atoms with E-state index in [0.717, 1.165) is 0 Å². The predicted molar refractivity (Wildman–Crippen MR) is 119 cm³/mol. The maximum absolute atomic E-state index is 12.3. The van der Waals surface area contributed by atoms with Crippen LogP contribution in [0.2, 0.25) is 0 Å². The van der Waals surface area contributed by atoms with Crippen LogP contribution in [0.1, 0.15) is 36.1 Å². The number of hydrogen-bond acceptors (Lipinski definition) is 7. The first kappa shape index (κ1) is 22.4. The lowest BCUT2D eigenvalue weighted by Gasteiger charge is -2.14. The van der Waals surface area contributed by atoms with Crippen LogP contribution in [0.4, 0.5) is 5.69 Å². The van der Waals surface area contributed by atoms with E-state index in [1.165, 1.54) is 18.7 Å². The van der Waals surface area contributed by atoms with Gasteiger partial charge in [0.25, 0.3) is 0 Å². The smallest absolute Gasteiger partial charge is 0.234 e. The van der Waals surface area contributed by atoms with Crippen LogP contribution < -0.4 is 14.8 Å². The number of ether oxygens (including phenoxy) is 2. The maximum atomic E-state index is 12.3. The summed E-state index contributed by atoms with van der Waals surface area (Å²) in [5, 5.41) is 11.8. The molecule has 31 heavy (non-hydrogen) atoms. The number of rotatable bonds is 9. The number of nitrogens with zero attached hydrogens (tertiary/aromatic N) is 3. The van der Waals surface area contributed by atoms with Gasteiger partial charge in [-0.1, -0.05) is 17.8 Å². The number of methoxy groups -OCH3 is 1. The molecule has 1 unspecified atom stereocenters. The number of carbonyl (C=O) groups excluding carboxylic acids is 2. The predicted octanol–water partition coefficient (Wildman–Crippen LogP) is 3.90. The zero-order chi connectivity index (χ0) is 22.4. The van der Waals surface area contributed by atoms with Gasteiger partial charge in [0, 0.05) is 24.4 Å². The van der Waals surface area contributed by atoms with Crippen LogP contribution >= 0.6 is 11.8 Å². The molecule has 0 saturated heterocycles. The van der Waals surface area contributed by atoms with Crippen LogP contribution in [0.3, 0.4) is 0 Å². The van der Waals surface area contributed by atoms with Gasteiger partial charge in [0.15, 0.2) is 22.9 Å². The Kier molecular flexibility index (Phi) is 7.30. The first-order valence-corrected chi connectivity index (χ1v) is 10.6. The van der Waals surface area contributed by atoms with E-state index in [4.69, 9.17) is 9.47 Å². The molecular weight excluding hydrogens is 416 g/mol. The van der Waals surface area contributed by atoms with Crippen molar-refractivity contribution in [2.45, 2.75) is 25.1 Å². The highest BCUT2D eigenvalue weighted by Gasteiger charge is 2.18. The normalized spacial score (nSPS) is 11.6. The van der Waals surface area contributed by atoms with Crippen molar-refractivity contribution in [2.24, 2.45) is 7.05 Å². The van der Waals surface area contributed by atoms with Crippen molar-refractivity contribution in [3.05, 3.63) is 59.9 Å². The third-order valence-electron chi connectivity index (χ3n) is 4.49. The van der Waals surface area contributed by atoms with Crippen molar-refractivity contribution in [2.75, 3.05) is 18.2 Å². The van der Waals surface area contributed by atoms with Gasteiger partial charge in [0.05, 0.1) is 12.9 Å². The van der Waals surface area contributed by atoms with Crippen molar-refractivity contribution in [3.8, 4) is 11.5 Å². The number of carbonyl (C=O) groups is 2. The Bertz CT molecular complexity index is 1070. The van der Waals surface area contributed by atoms with Crippen LogP contribution in [0.25, 0.3) is 0 Å². The molecule has 9 heteroatoms. The molecule has 1 aromatic heterocycles. The molecule has 0 aliphatic heterocycles. The molecule has 2 aromatic carbocycles. The highest BCUT2D eigenvalue weighted by molar-refractivity contribution is 7.99. The summed E-state index contributed by atoms with van der Waals surface area (Å²) < 4.78 is 13.0. The molecule has 3 aromatic rings. The maximum Gasteiger partial charge on any atom is 0.234 e. The molecule has 0 radical (unpaired) electrons. The van der Waals surface area contributed by atoms with E-state index >= 15 is 0 Å². The van der Waals surface area contributed by atoms with E-state index in [0.29, 0.717) is 33.7 Å². The molecule has 1 amide bonds. The fourth-order valence-corrected chi connectivity index (χ4v) is 3.57. The van der Waals surface area contributed by atoms with Gasteiger partial charge in [-0.05, 0) is 50.2 Å². The van der Waals surface area contributed by atoms with Gasteiger partial charge >= 0.3 is 0 Å². The first-order valence-electron chi connectivity index (χ1n) is 9.61. The van der Waals surface area contributed by atoms with Gasteiger partial charge in [-0.15, -0.1) is 10.2 Å². The second kappa shape index (κ2) is 10.1. The van der Waals surface area contributed by atoms with E-state index in [9.17, 15) is 9.59 Å². The number of thioether (sulfide) groups is 1. The average molecular weight is 441 g/mol. The first-order chi connectivity index (χ1) is 14.9. The summed E-state index contributed by atoms with van der Waals surface area (Å²) in [6, 6.07) is 14.1. The summed E-state index contributed by atoms with van der Waals surface area (Å²) in [5.74, 6) is 2.00. The highest BCUT2D eigenvalue weighted by Crippen LogP contribution is 2.26. The molecule has 162 valence electrons. The standard InChI is InChI=1S/C22H24N4O4S/c1-14(27)16-8-10-17(11-9-16)23-20(28)13-31-22-25-24-21(26(22)3)15(2)30-19-7-5-6-18(12-19)29-4/h5-12,15H,13H2,1-4H3,(H,23,28). The average Bonchev–Trinajstić information content (AvgIpc) is 3.13. The van der Waals surface area contributed by atoms with E-state index in [-0.39, 0.29) is 23.5 Å². The second-order valence-corrected chi connectivity index (χ2v) is 7.75. The zero-order valence-corrected chi connectivity index (χ0v) is 18.6. The van der Waals surface area contributed by atoms with Crippen molar-refractivity contribution >= 4 is 29.1 Å². The third-order valence-corrected chi connectivity index (χ3v) is 5.51. The molecule has 0 aliphatic carbocycles. The second-order valence-electron chi connectivity index (χ2n) is 6.81. The van der Waals surface area contributed by atoms with Gasteiger partial charge in [-0.25, -0.2) is 0 Å². The fourth-order valence-electron chi connectivity index (χ4n) is 2.85. The van der Waals surface area contributed by atoms with Crippen molar-refractivity contribution < 1.29 is 19.1 Å². The number of benzene rings is 2. The van der Waals surface area contributed by atoms with Gasteiger partial charge in [0.1, 0.15) is 11.5 Å². The molecule has 1 heterocycles. The van der Waals surface area contributed by atoms with Crippen molar-refractivity contribution in [1.29, 1.82) is 0 Å². The number of ketones is 1. The van der Waals surface area contributed by atoms with E-state index in [1.807, 2.05) is 36.7 Å². The van der Waals surface area contributed by atoms with Gasteiger partial charge in [-0.2, -0.15) is 0 Å². The largest absolute Gasteiger partial charge is 0.497 e. The lowest BCUT2D eigenvalue weighted by Crippen LogP contribution is -2.15. The summed E-state index contributed by atoms with van der Waals surface area (Å²) in [7, 11) is 3.44. The Morgan fingerprint density at radius 2 is 1.84 bits per heavy atom. The number of nitrogens with one attached hydrogen (secondary N) is 1. The number of hydrogen-bond donors (Lipinski definition) is 1. The van der Waals surface area contributed by atoms with Crippen LogP contribution in [0.15, 0.2) is 53.7 Å². The summed E-state index contributed by atoms with van der Waals surface area (Å²) in [5.41, 5.74) is 1.24. The van der Waals surface area contributed by atoms with Gasteiger partial charge in [-0.3, -0.25) is 9.59 Å². The molecule has 1 N–H and O–H groups in total. The topological polar surface area (TPSA) is 95.3 Å². The molecule has 0 bridgehead atoms. The van der Waals surface area contributed by atoms with Crippen molar-refractivity contribution in [1.82, 2.24) is 14.8 Å². The molecule has 3 rings (SSSR count). The van der Waals surface area contributed by atoms with E-state index in [2.05, 4.69) is 15.5 Å². The molecule has 8 nitrogen and oxygen atoms in total. The van der Waals surface area contributed by atoms with E-state index < -0.39 is 0 Å². The highest BCUT2D eigenvalue weighted by atomic mass is 32.2. The Labute approximate surface area is 185 Å². The number of anilines is 1. The quantitative estimate of drug-likeness (QED) is 0.398. The van der Waals surface area contributed by atoms with Crippen LogP contribution in [0, 0.1) is 0 Å². The molecule has 0 spiro atoms. The Morgan fingerprint density at radius 1 is 1.13 bits per heavy atom. The molecule has 0 saturated carbocycles. The van der Waals surface area contributed by atoms with Crippen LogP contribution in [-0.4, -0.2) is 39.3 Å². The van der Waals surface area contributed by atoms with Gasteiger partial charge < -0.3 is 19.4 Å². The lowest BCUT2D eigenvalue weighted by atomic mass is 10.1. The van der Waals surface area contributed by atoms with Crippen LogP contribution in [0.5, 0.6) is 11.5 Å². The molecule has 0 aliphatic rings.